The molecule has 3 aromatic rings. The highest BCUT2D eigenvalue weighted by Gasteiger charge is 2.35. The van der Waals surface area contributed by atoms with Crippen LogP contribution in [0.4, 0.5) is 0 Å². The van der Waals surface area contributed by atoms with Crippen LogP contribution in [0.5, 0.6) is 5.75 Å². The molecule has 3 aromatic carbocycles. The largest absolute Gasteiger partial charge is 0.488 e. The van der Waals surface area contributed by atoms with Gasteiger partial charge in [0.25, 0.3) is 5.91 Å². The van der Waals surface area contributed by atoms with Crippen LogP contribution in [-0.4, -0.2) is 28.1 Å². The van der Waals surface area contributed by atoms with Gasteiger partial charge in [-0.3, -0.25) is 14.7 Å². The van der Waals surface area contributed by atoms with Crippen LogP contribution in [0.15, 0.2) is 76.6 Å². The van der Waals surface area contributed by atoms with Crippen LogP contribution < -0.4 is 4.74 Å². The first kappa shape index (κ1) is 22.2. The maximum atomic E-state index is 13.1. The van der Waals surface area contributed by atoms with Crippen molar-refractivity contribution in [3.05, 3.63) is 82.8 Å². The third kappa shape index (κ3) is 4.73. The molecular formula is C27H28N2O2S. The van der Waals surface area contributed by atoms with Crippen molar-refractivity contribution < 1.29 is 9.53 Å². The molecule has 1 amide bonds. The third-order valence-electron chi connectivity index (χ3n) is 5.19. The van der Waals surface area contributed by atoms with Gasteiger partial charge in [0.1, 0.15) is 12.4 Å². The summed E-state index contributed by atoms with van der Waals surface area (Å²) in [6.07, 6.45) is 1.92. The van der Waals surface area contributed by atoms with E-state index in [9.17, 15) is 4.79 Å². The summed E-state index contributed by atoms with van der Waals surface area (Å²) in [6, 6.07) is 22.6. The van der Waals surface area contributed by atoms with Gasteiger partial charge in [-0.25, -0.2) is 0 Å². The summed E-state index contributed by atoms with van der Waals surface area (Å²) in [6.45, 7) is 8.53. The van der Waals surface area contributed by atoms with Crippen LogP contribution >= 0.6 is 11.8 Å². The van der Waals surface area contributed by atoms with Gasteiger partial charge in [0.05, 0.1) is 4.91 Å². The van der Waals surface area contributed by atoms with Crippen molar-refractivity contribution in [1.82, 2.24) is 4.90 Å². The number of fused-ring (bicyclic) bond motifs is 1. The summed E-state index contributed by atoms with van der Waals surface area (Å²) >= 11 is 1.44. The Morgan fingerprint density at radius 1 is 0.969 bits per heavy atom. The number of para-hydroxylation sites is 1. The van der Waals surface area contributed by atoms with Crippen molar-refractivity contribution in [3.8, 4) is 5.75 Å². The lowest BCUT2D eigenvalue weighted by Gasteiger charge is -2.20. The number of aliphatic imine (C=N–C) groups is 1. The highest BCUT2D eigenvalue weighted by Crippen LogP contribution is 2.36. The van der Waals surface area contributed by atoms with Gasteiger partial charge in [-0.2, -0.15) is 0 Å². The number of thioether (sulfide) groups is 1. The Kier molecular flexibility index (Phi) is 6.66. The quantitative estimate of drug-likeness (QED) is 0.407. The number of benzene rings is 3. The average Bonchev–Trinajstić information content (AvgIpc) is 3.07. The first-order valence-corrected chi connectivity index (χ1v) is 11.7. The minimum atomic E-state index is -0.00624. The number of hydrogen-bond acceptors (Lipinski definition) is 4. The fourth-order valence-corrected chi connectivity index (χ4v) is 4.92. The number of rotatable bonds is 6. The molecule has 4 nitrogen and oxygen atoms in total. The predicted octanol–water partition coefficient (Wildman–Crippen LogP) is 6.51. The van der Waals surface area contributed by atoms with Gasteiger partial charge in [-0.1, -0.05) is 60.7 Å². The first-order valence-electron chi connectivity index (χ1n) is 10.9. The van der Waals surface area contributed by atoms with E-state index in [1.807, 2.05) is 70.2 Å². The zero-order valence-electron chi connectivity index (χ0n) is 18.9. The van der Waals surface area contributed by atoms with Gasteiger partial charge in [-0.05, 0) is 67.9 Å². The number of nitrogens with zero attached hydrogens (tertiary/aromatic N) is 2. The molecule has 0 radical (unpaired) electrons. The molecule has 0 atom stereocenters. The van der Waals surface area contributed by atoms with Crippen LogP contribution in [0.25, 0.3) is 16.8 Å². The second-order valence-corrected chi connectivity index (χ2v) is 9.36. The Labute approximate surface area is 194 Å². The fraction of sp³-hybridized carbons (Fsp3) is 0.259. The van der Waals surface area contributed by atoms with E-state index >= 15 is 0 Å². The van der Waals surface area contributed by atoms with E-state index in [0.29, 0.717) is 11.5 Å². The molecule has 0 spiro atoms. The Bertz CT molecular complexity index is 1190. The summed E-state index contributed by atoms with van der Waals surface area (Å²) in [5, 5.41) is 3.15. The molecule has 4 rings (SSSR count). The van der Waals surface area contributed by atoms with E-state index in [1.54, 1.807) is 4.90 Å². The molecule has 5 heteroatoms. The SMILES string of the molecule is CC(C)N=C1S/C(=C/c2ccccc2OCc2cccc3ccccc23)C(=O)N1C(C)C. The number of amidine groups is 1. The standard InChI is InChI=1S/C27H28N2O2S/c1-18(2)28-27-29(19(3)4)26(30)25(32-27)16-21-11-6-8-15-24(21)31-17-22-13-9-12-20-10-5-7-14-23(20)22/h5-16,18-19H,17H2,1-4H3/b25-16+,28-27?. The topological polar surface area (TPSA) is 41.9 Å². The monoisotopic (exact) mass is 444 g/mol. The minimum Gasteiger partial charge on any atom is -0.488 e. The third-order valence-corrected chi connectivity index (χ3v) is 6.19. The maximum Gasteiger partial charge on any atom is 0.266 e. The lowest BCUT2D eigenvalue weighted by molar-refractivity contribution is -0.123. The Morgan fingerprint density at radius 2 is 1.69 bits per heavy atom. The zero-order chi connectivity index (χ0) is 22.7. The van der Waals surface area contributed by atoms with Gasteiger partial charge in [0.2, 0.25) is 0 Å². The molecule has 1 saturated heterocycles. The molecule has 1 fully saturated rings. The highest BCUT2D eigenvalue weighted by atomic mass is 32.2. The molecule has 164 valence electrons. The number of carbonyl (C=O) groups is 1. The van der Waals surface area contributed by atoms with E-state index in [4.69, 9.17) is 4.74 Å². The van der Waals surface area contributed by atoms with Crippen molar-refractivity contribution in [3.63, 3.8) is 0 Å². The summed E-state index contributed by atoms with van der Waals surface area (Å²) in [5.74, 6) is 0.750. The van der Waals surface area contributed by atoms with E-state index in [0.717, 1.165) is 22.0 Å². The van der Waals surface area contributed by atoms with Crippen LogP contribution in [0.2, 0.25) is 0 Å². The number of hydrogen-bond donors (Lipinski definition) is 0. The number of amides is 1. The van der Waals surface area contributed by atoms with Crippen molar-refractivity contribution in [2.45, 2.75) is 46.4 Å². The molecule has 1 aliphatic rings. The Morgan fingerprint density at radius 3 is 2.47 bits per heavy atom. The van der Waals surface area contributed by atoms with E-state index in [2.05, 4.69) is 35.3 Å². The highest BCUT2D eigenvalue weighted by molar-refractivity contribution is 8.18. The van der Waals surface area contributed by atoms with Gasteiger partial charge in [0.15, 0.2) is 5.17 Å². The minimum absolute atomic E-state index is 0.00624. The van der Waals surface area contributed by atoms with Crippen LogP contribution in [0.1, 0.15) is 38.8 Å². The molecule has 0 saturated carbocycles. The van der Waals surface area contributed by atoms with Crippen LogP contribution in [0.3, 0.4) is 0 Å². The molecule has 0 aliphatic carbocycles. The summed E-state index contributed by atoms with van der Waals surface area (Å²) in [7, 11) is 0. The number of ether oxygens (including phenoxy) is 1. The van der Waals surface area contributed by atoms with Crippen molar-refractivity contribution in [2.24, 2.45) is 4.99 Å². The molecule has 1 aliphatic heterocycles. The first-order chi connectivity index (χ1) is 15.4. The van der Waals surface area contributed by atoms with Crippen LogP contribution in [-0.2, 0) is 11.4 Å². The van der Waals surface area contributed by atoms with Crippen molar-refractivity contribution in [2.75, 3.05) is 0 Å². The number of carbonyl (C=O) groups excluding carboxylic acids is 1. The second kappa shape index (κ2) is 9.61. The van der Waals surface area contributed by atoms with Crippen molar-refractivity contribution in [1.29, 1.82) is 0 Å². The smallest absolute Gasteiger partial charge is 0.266 e. The lowest BCUT2D eigenvalue weighted by Crippen LogP contribution is -2.35. The van der Waals surface area contributed by atoms with Gasteiger partial charge >= 0.3 is 0 Å². The summed E-state index contributed by atoms with van der Waals surface area (Å²) in [4.78, 5) is 20.2. The normalized spacial score (nSPS) is 16.8. The van der Waals surface area contributed by atoms with E-state index < -0.39 is 0 Å². The van der Waals surface area contributed by atoms with E-state index in [1.165, 1.54) is 22.5 Å². The Hall–Kier alpha value is -3.05. The zero-order valence-corrected chi connectivity index (χ0v) is 19.7. The fourth-order valence-electron chi connectivity index (χ4n) is 3.70. The Balaban J connectivity index is 1.61. The molecule has 1 heterocycles. The van der Waals surface area contributed by atoms with Gasteiger partial charge in [-0.15, -0.1) is 0 Å². The average molecular weight is 445 g/mol. The molecule has 32 heavy (non-hydrogen) atoms. The molecule has 0 N–H and O–H groups in total. The molecular weight excluding hydrogens is 416 g/mol. The lowest BCUT2D eigenvalue weighted by atomic mass is 10.1. The second-order valence-electron chi connectivity index (χ2n) is 8.35. The van der Waals surface area contributed by atoms with Crippen LogP contribution in [0, 0.1) is 0 Å². The molecule has 0 unspecified atom stereocenters. The summed E-state index contributed by atoms with van der Waals surface area (Å²) < 4.78 is 6.23. The maximum absolute atomic E-state index is 13.1. The molecule has 0 bridgehead atoms. The summed E-state index contributed by atoms with van der Waals surface area (Å²) in [5.41, 5.74) is 2.02. The van der Waals surface area contributed by atoms with Gasteiger partial charge in [0, 0.05) is 17.6 Å². The van der Waals surface area contributed by atoms with Gasteiger partial charge < -0.3 is 4.74 Å². The predicted molar refractivity (Wildman–Crippen MR) is 135 cm³/mol. The van der Waals surface area contributed by atoms with E-state index in [-0.39, 0.29) is 18.0 Å². The molecule has 0 aromatic heterocycles. The van der Waals surface area contributed by atoms with Crippen molar-refractivity contribution >= 4 is 39.7 Å².